The lowest BCUT2D eigenvalue weighted by atomic mass is 10.1. The molecule has 128 valence electrons. The van der Waals surface area contributed by atoms with E-state index in [0.29, 0.717) is 25.5 Å². The van der Waals surface area contributed by atoms with Crippen LogP contribution in [0.5, 0.6) is 0 Å². The zero-order valence-corrected chi connectivity index (χ0v) is 14.8. The monoisotopic (exact) mass is 399 g/mol. The number of hydrogen-bond donors (Lipinski definition) is 0. The number of rotatable bonds is 2. The number of benzene rings is 2. The van der Waals surface area contributed by atoms with Gasteiger partial charge in [0, 0.05) is 5.02 Å². The maximum absolute atomic E-state index is 12.6. The van der Waals surface area contributed by atoms with E-state index < -0.39 is 11.7 Å². The lowest BCUT2D eigenvalue weighted by Crippen LogP contribution is -2.27. The fraction of sp³-hybridized carbons (Fsp3) is 0.0588. The Morgan fingerprint density at radius 2 is 1.64 bits per heavy atom. The van der Waals surface area contributed by atoms with E-state index in [1.807, 2.05) is 0 Å². The second-order valence-electron chi connectivity index (χ2n) is 5.11. The number of amides is 1. The van der Waals surface area contributed by atoms with Crippen LogP contribution in [0.1, 0.15) is 11.1 Å². The third-order valence-corrected chi connectivity index (χ3v) is 4.97. The van der Waals surface area contributed by atoms with Gasteiger partial charge in [-0.15, -0.1) is 0 Å². The molecular formula is C17H9ClF3NOS2. The predicted octanol–water partition coefficient (Wildman–Crippen LogP) is 5.76. The molecule has 1 fully saturated rings. The Kier molecular flexibility index (Phi) is 4.90. The van der Waals surface area contributed by atoms with Crippen LogP contribution in [0.3, 0.4) is 0 Å². The zero-order valence-electron chi connectivity index (χ0n) is 12.4. The Labute approximate surface area is 156 Å². The highest BCUT2D eigenvalue weighted by Crippen LogP contribution is 2.36. The van der Waals surface area contributed by atoms with Crippen molar-refractivity contribution in [3.63, 3.8) is 0 Å². The van der Waals surface area contributed by atoms with Gasteiger partial charge >= 0.3 is 6.18 Å². The largest absolute Gasteiger partial charge is 0.416 e. The summed E-state index contributed by atoms with van der Waals surface area (Å²) in [4.78, 5) is 14.3. The fourth-order valence-corrected chi connectivity index (χ4v) is 3.63. The lowest BCUT2D eigenvalue weighted by molar-refractivity contribution is -0.137. The summed E-state index contributed by atoms with van der Waals surface area (Å²) in [5.41, 5.74) is 0.339. The number of thioether (sulfide) groups is 1. The minimum Gasteiger partial charge on any atom is -0.268 e. The molecule has 0 atom stereocenters. The van der Waals surface area contributed by atoms with Crippen molar-refractivity contribution in [3.8, 4) is 0 Å². The summed E-state index contributed by atoms with van der Waals surface area (Å²) in [5, 5.41) is 0.537. The van der Waals surface area contributed by atoms with E-state index in [0.717, 1.165) is 23.9 Å². The van der Waals surface area contributed by atoms with Crippen molar-refractivity contribution in [1.82, 2.24) is 0 Å². The van der Waals surface area contributed by atoms with Crippen LogP contribution in [-0.4, -0.2) is 10.2 Å². The minimum absolute atomic E-state index is 0.322. The summed E-state index contributed by atoms with van der Waals surface area (Å²) in [6.07, 6.45) is -2.87. The molecule has 1 amide bonds. The predicted molar refractivity (Wildman–Crippen MR) is 98.5 cm³/mol. The fourth-order valence-electron chi connectivity index (χ4n) is 2.20. The molecule has 1 aliphatic rings. The molecule has 2 aromatic carbocycles. The molecule has 8 heteroatoms. The van der Waals surface area contributed by atoms with E-state index in [1.54, 1.807) is 24.3 Å². The SMILES string of the molecule is O=C1C(=Cc2ccc(C(F)(F)F)cc2)SC(=S)N1c1ccc(Cl)cc1. The number of nitrogens with zero attached hydrogens (tertiary/aromatic N) is 1. The normalized spacial score (nSPS) is 16.8. The summed E-state index contributed by atoms with van der Waals surface area (Å²) in [6, 6.07) is 11.2. The van der Waals surface area contributed by atoms with Crippen molar-refractivity contribution in [2.45, 2.75) is 6.18 Å². The molecule has 25 heavy (non-hydrogen) atoms. The first-order valence-corrected chi connectivity index (χ1v) is 8.57. The highest BCUT2D eigenvalue weighted by molar-refractivity contribution is 8.27. The van der Waals surface area contributed by atoms with Crippen LogP contribution in [0.2, 0.25) is 5.02 Å². The van der Waals surface area contributed by atoms with Crippen molar-refractivity contribution in [1.29, 1.82) is 0 Å². The maximum atomic E-state index is 12.6. The zero-order chi connectivity index (χ0) is 18.2. The molecule has 0 spiro atoms. The molecule has 1 saturated heterocycles. The molecule has 0 N–H and O–H groups in total. The Balaban J connectivity index is 1.86. The number of carbonyl (C=O) groups excluding carboxylic acids is 1. The number of anilines is 1. The topological polar surface area (TPSA) is 20.3 Å². The molecule has 0 unspecified atom stereocenters. The van der Waals surface area contributed by atoms with Crippen LogP contribution < -0.4 is 4.90 Å². The van der Waals surface area contributed by atoms with E-state index in [-0.39, 0.29) is 5.91 Å². The molecule has 1 aliphatic heterocycles. The summed E-state index contributed by atoms with van der Waals surface area (Å²) >= 11 is 12.2. The molecule has 0 aliphatic carbocycles. The van der Waals surface area contributed by atoms with Gasteiger partial charge in [0.2, 0.25) is 0 Å². The average molecular weight is 400 g/mol. The molecule has 2 aromatic rings. The van der Waals surface area contributed by atoms with E-state index in [4.69, 9.17) is 23.8 Å². The van der Waals surface area contributed by atoms with Crippen molar-refractivity contribution in [2.75, 3.05) is 4.90 Å². The highest BCUT2D eigenvalue weighted by Gasteiger charge is 2.33. The second-order valence-corrected chi connectivity index (χ2v) is 7.23. The van der Waals surface area contributed by atoms with Gasteiger partial charge in [-0.2, -0.15) is 13.2 Å². The van der Waals surface area contributed by atoms with Gasteiger partial charge < -0.3 is 0 Å². The van der Waals surface area contributed by atoms with Crippen molar-refractivity contribution >= 4 is 57.6 Å². The Bertz CT molecular complexity index is 861. The smallest absolute Gasteiger partial charge is 0.268 e. The molecule has 0 bridgehead atoms. The first kappa shape index (κ1) is 18.0. The van der Waals surface area contributed by atoms with Gasteiger partial charge in [-0.1, -0.05) is 47.7 Å². The summed E-state index contributed by atoms with van der Waals surface area (Å²) in [6.45, 7) is 0. The number of thiocarbonyl (C=S) groups is 1. The maximum Gasteiger partial charge on any atom is 0.416 e. The van der Waals surface area contributed by atoms with Gasteiger partial charge in [-0.25, -0.2) is 0 Å². The minimum atomic E-state index is -4.39. The Morgan fingerprint density at radius 3 is 2.20 bits per heavy atom. The summed E-state index contributed by atoms with van der Waals surface area (Å²) in [7, 11) is 0. The molecule has 0 saturated carbocycles. The van der Waals surface area contributed by atoms with Crippen LogP contribution in [0.15, 0.2) is 53.4 Å². The third kappa shape index (κ3) is 3.89. The highest BCUT2D eigenvalue weighted by atomic mass is 35.5. The molecule has 1 heterocycles. The summed E-state index contributed by atoms with van der Waals surface area (Å²) in [5.74, 6) is -0.322. The van der Waals surface area contributed by atoms with Gasteiger partial charge in [0.25, 0.3) is 5.91 Å². The van der Waals surface area contributed by atoms with Gasteiger partial charge in [-0.3, -0.25) is 9.69 Å². The van der Waals surface area contributed by atoms with Crippen molar-refractivity contribution in [3.05, 3.63) is 69.6 Å². The van der Waals surface area contributed by atoms with Gasteiger partial charge in [0.05, 0.1) is 16.2 Å². The van der Waals surface area contributed by atoms with Gasteiger partial charge in [0.1, 0.15) is 0 Å². The standard InChI is InChI=1S/C17H9ClF3NOS2/c18-12-5-7-13(8-6-12)22-15(23)14(25-16(22)24)9-10-1-3-11(4-2-10)17(19,20)21/h1-9H. The van der Waals surface area contributed by atoms with E-state index >= 15 is 0 Å². The van der Waals surface area contributed by atoms with Gasteiger partial charge in [0.15, 0.2) is 4.32 Å². The number of halogens is 4. The Morgan fingerprint density at radius 1 is 1.04 bits per heavy atom. The number of hydrogen-bond acceptors (Lipinski definition) is 3. The molecule has 3 rings (SSSR count). The average Bonchev–Trinajstić information content (AvgIpc) is 2.82. The van der Waals surface area contributed by atoms with E-state index in [2.05, 4.69) is 0 Å². The molecular weight excluding hydrogens is 391 g/mol. The lowest BCUT2D eigenvalue weighted by Gasteiger charge is -2.14. The molecule has 0 radical (unpaired) electrons. The van der Waals surface area contributed by atoms with Crippen LogP contribution in [0.25, 0.3) is 6.08 Å². The quantitative estimate of drug-likeness (QED) is 0.472. The van der Waals surface area contributed by atoms with Gasteiger partial charge in [-0.05, 0) is 48.0 Å². The first-order valence-electron chi connectivity index (χ1n) is 6.96. The Hall–Kier alpha value is -1.83. The second kappa shape index (κ2) is 6.82. The van der Waals surface area contributed by atoms with Crippen LogP contribution in [-0.2, 0) is 11.0 Å². The van der Waals surface area contributed by atoms with E-state index in [1.165, 1.54) is 23.1 Å². The first-order chi connectivity index (χ1) is 11.8. The van der Waals surface area contributed by atoms with Crippen LogP contribution in [0, 0.1) is 0 Å². The third-order valence-electron chi connectivity index (χ3n) is 3.41. The van der Waals surface area contributed by atoms with Crippen molar-refractivity contribution in [2.24, 2.45) is 0 Å². The van der Waals surface area contributed by atoms with E-state index in [9.17, 15) is 18.0 Å². The van der Waals surface area contributed by atoms with Crippen LogP contribution in [0.4, 0.5) is 18.9 Å². The number of alkyl halides is 3. The van der Waals surface area contributed by atoms with Crippen molar-refractivity contribution < 1.29 is 18.0 Å². The number of carbonyl (C=O) groups is 1. The molecule has 2 nitrogen and oxygen atoms in total. The molecule has 0 aromatic heterocycles. The summed E-state index contributed by atoms with van der Waals surface area (Å²) < 4.78 is 38.1. The van der Waals surface area contributed by atoms with Crippen LogP contribution >= 0.6 is 35.6 Å².